The van der Waals surface area contributed by atoms with Crippen LogP contribution in [0.15, 0.2) is 10.5 Å². The molecule has 17 heavy (non-hydrogen) atoms. The topological polar surface area (TPSA) is 57.6 Å². The second kappa shape index (κ2) is 4.96. The molecule has 2 rings (SSSR count). The van der Waals surface area contributed by atoms with Crippen LogP contribution < -0.4 is 0 Å². The van der Waals surface area contributed by atoms with E-state index in [1.54, 1.807) is 6.07 Å². The highest BCUT2D eigenvalue weighted by Gasteiger charge is 2.38. The smallest absolute Gasteiger partial charge is 0.331 e. The second-order valence-electron chi connectivity index (χ2n) is 3.79. The lowest BCUT2D eigenvalue weighted by Crippen LogP contribution is -2.34. The van der Waals surface area contributed by atoms with Gasteiger partial charge in [0, 0.05) is 15.4 Å². The predicted molar refractivity (Wildman–Crippen MR) is 68.3 cm³/mol. The highest BCUT2D eigenvalue weighted by Crippen LogP contribution is 2.40. The molecule has 0 spiro atoms. The maximum atomic E-state index is 11.3. The molecule has 1 amide bonds. The number of rotatable bonds is 5. The average Bonchev–Trinajstić information content (AvgIpc) is 3.03. The Morgan fingerprint density at radius 2 is 2.35 bits per heavy atom. The van der Waals surface area contributed by atoms with Gasteiger partial charge >= 0.3 is 5.97 Å². The number of carboxylic acid groups (broad SMARTS) is 1. The van der Waals surface area contributed by atoms with E-state index in [2.05, 4.69) is 15.9 Å². The zero-order chi connectivity index (χ0) is 12.6. The highest BCUT2D eigenvalue weighted by molar-refractivity contribution is 9.10. The lowest BCUT2D eigenvalue weighted by Gasteiger charge is -2.23. The minimum absolute atomic E-state index is 0.0493. The first-order chi connectivity index (χ1) is 8.04. The van der Waals surface area contributed by atoms with Gasteiger partial charge in [0.25, 0.3) is 0 Å². The normalized spacial score (nSPS) is 16.6. The molecule has 0 aliphatic heterocycles. The number of hydrogen-bond acceptors (Lipinski definition) is 3. The number of carbonyl (C=O) groups excluding carboxylic acids is 1. The van der Waals surface area contributed by atoms with E-state index >= 15 is 0 Å². The third-order valence-corrected chi connectivity index (χ3v) is 5.08. The Labute approximate surface area is 115 Å². The second-order valence-corrected chi connectivity index (χ2v) is 6.34. The van der Waals surface area contributed by atoms with Gasteiger partial charge in [0.1, 0.15) is 4.34 Å². The molecule has 1 N–H and O–H groups in total. The van der Waals surface area contributed by atoms with Crippen molar-refractivity contribution in [3.8, 4) is 0 Å². The van der Waals surface area contributed by atoms with E-state index in [4.69, 9.17) is 11.6 Å². The van der Waals surface area contributed by atoms with Crippen LogP contribution in [0.1, 0.15) is 23.8 Å². The highest BCUT2D eigenvalue weighted by atomic mass is 79.9. The van der Waals surface area contributed by atoms with Gasteiger partial charge in [-0.3, -0.25) is 4.79 Å². The first-order valence-corrected chi connectivity index (χ1v) is 6.93. The van der Waals surface area contributed by atoms with Crippen LogP contribution in [0.5, 0.6) is 0 Å². The van der Waals surface area contributed by atoms with Gasteiger partial charge < -0.3 is 10.0 Å². The van der Waals surface area contributed by atoms with Crippen molar-refractivity contribution < 1.29 is 14.7 Å². The van der Waals surface area contributed by atoms with Crippen LogP contribution in [-0.2, 0) is 9.59 Å². The maximum Gasteiger partial charge on any atom is 0.331 e. The SMILES string of the molecule is O=CN(C1CC1)C(C(=O)O)c1cc(Br)c(Cl)s1. The summed E-state index contributed by atoms with van der Waals surface area (Å²) in [6, 6.07) is 0.770. The summed E-state index contributed by atoms with van der Waals surface area (Å²) in [6.07, 6.45) is 2.34. The summed E-state index contributed by atoms with van der Waals surface area (Å²) in [5, 5.41) is 9.25. The minimum atomic E-state index is -1.03. The molecule has 1 fully saturated rings. The Balaban J connectivity index is 2.33. The van der Waals surface area contributed by atoms with Gasteiger partial charge in [-0.1, -0.05) is 11.6 Å². The van der Waals surface area contributed by atoms with Crippen molar-refractivity contribution in [2.24, 2.45) is 0 Å². The molecule has 1 aromatic heterocycles. The first-order valence-electron chi connectivity index (χ1n) is 4.95. The van der Waals surface area contributed by atoms with Crippen molar-refractivity contribution >= 4 is 51.2 Å². The predicted octanol–water partition coefficient (Wildman–Crippen LogP) is 2.91. The molecule has 1 aliphatic rings. The van der Waals surface area contributed by atoms with Crippen molar-refractivity contribution in [1.82, 2.24) is 4.90 Å². The van der Waals surface area contributed by atoms with E-state index in [9.17, 15) is 14.7 Å². The Kier molecular flexibility index (Phi) is 3.75. The number of halogens is 2. The quantitative estimate of drug-likeness (QED) is 0.840. The molecule has 0 saturated heterocycles. The van der Waals surface area contributed by atoms with Crippen LogP contribution in [0.3, 0.4) is 0 Å². The van der Waals surface area contributed by atoms with Crippen LogP contribution >= 0.6 is 38.9 Å². The fourth-order valence-electron chi connectivity index (χ4n) is 1.62. The summed E-state index contributed by atoms with van der Waals surface area (Å²) in [5.41, 5.74) is 0. The number of hydrogen-bond donors (Lipinski definition) is 1. The van der Waals surface area contributed by atoms with Crippen molar-refractivity contribution in [3.63, 3.8) is 0 Å². The third-order valence-electron chi connectivity index (χ3n) is 2.56. The molecule has 1 heterocycles. The van der Waals surface area contributed by atoms with E-state index in [1.807, 2.05) is 0 Å². The summed E-state index contributed by atoms with van der Waals surface area (Å²) in [6.45, 7) is 0. The average molecular weight is 339 g/mol. The third kappa shape index (κ3) is 2.64. The van der Waals surface area contributed by atoms with Crippen LogP contribution in [0.25, 0.3) is 0 Å². The van der Waals surface area contributed by atoms with E-state index in [-0.39, 0.29) is 6.04 Å². The summed E-state index contributed by atoms with van der Waals surface area (Å²) >= 11 is 10.3. The lowest BCUT2D eigenvalue weighted by molar-refractivity contribution is -0.147. The summed E-state index contributed by atoms with van der Waals surface area (Å²) in [5.74, 6) is -1.03. The molecular formula is C10H9BrClNO3S. The molecular weight excluding hydrogens is 330 g/mol. The van der Waals surface area contributed by atoms with E-state index in [1.165, 1.54) is 16.2 Å². The molecule has 92 valence electrons. The van der Waals surface area contributed by atoms with Crippen molar-refractivity contribution in [3.05, 3.63) is 19.8 Å². The number of carboxylic acids is 1. The van der Waals surface area contributed by atoms with Gasteiger partial charge in [-0.15, -0.1) is 11.3 Å². The molecule has 0 bridgehead atoms. The summed E-state index contributed by atoms with van der Waals surface area (Å²) in [4.78, 5) is 24.2. The van der Waals surface area contributed by atoms with Gasteiger partial charge in [-0.25, -0.2) is 4.79 Å². The fourth-order valence-corrected chi connectivity index (χ4v) is 3.46. The number of aliphatic carboxylic acids is 1. The molecule has 1 atom stereocenters. The van der Waals surface area contributed by atoms with Crippen LogP contribution in [0, 0.1) is 0 Å². The molecule has 1 aliphatic carbocycles. The standard InChI is InChI=1S/C10H9BrClNO3S/c11-6-3-7(17-9(6)12)8(10(15)16)13(4-14)5-1-2-5/h3-5,8H,1-2H2,(H,15,16). The number of carbonyl (C=O) groups is 2. The summed E-state index contributed by atoms with van der Waals surface area (Å²) in [7, 11) is 0. The van der Waals surface area contributed by atoms with Crippen LogP contribution in [-0.4, -0.2) is 28.4 Å². The monoisotopic (exact) mass is 337 g/mol. The van der Waals surface area contributed by atoms with Gasteiger partial charge in [-0.05, 0) is 34.8 Å². The zero-order valence-corrected chi connectivity index (χ0v) is 11.8. The fraction of sp³-hybridized carbons (Fsp3) is 0.400. The number of thiophene rings is 1. The Morgan fingerprint density at radius 3 is 2.71 bits per heavy atom. The lowest BCUT2D eigenvalue weighted by atomic mass is 10.2. The largest absolute Gasteiger partial charge is 0.479 e. The van der Waals surface area contributed by atoms with Crippen LogP contribution in [0.2, 0.25) is 4.34 Å². The molecule has 4 nitrogen and oxygen atoms in total. The summed E-state index contributed by atoms with van der Waals surface area (Å²) < 4.78 is 1.15. The van der Waals surface area contributed by atoms with Crippen LogP contribution in [0.4, 0.5) is 0 Å². The Morgan fingerprint density at radius 1 is 1.71 bits per heavy atom. The van der Waals surface area contributed by atoms with E-state index in [0.29, 0.717) is 20.1 Å². The maximum absolute atomic E-state index is 11.3. The van der Waals surface area contributed by atoms with Crippen molar-refractivity contribution in [1.29, 1.82) is 0 Å². The van der Waals surface area contributed by atoms with Gasteiger partial charge in [0.05, 0.1) is 0 Å². The molecule has 0 radical (unpaired) electrons. The van der Waals surface area contributed by atoms with E-state index < -0.39 is 12.0 Å². The van der Waals surface area contributed by atoms with Crippen molar-refractivity contribution in [2.75, 3.05) is 0 Å². The van der Waals surface area contributed by atoms with Crippen molar-refractivity contribution in [2.45, 2.75) is 24.9 Å². The van der Waals surface area contributed by atoms with Gasteiger partial charge in [-0.2, -0.15) is 0 Å². The molecule has 1 aromatic rings. The van der Waals surface area contributed by atoms with E-state index in [0.717, 1.165) is 12.8 Å². The number of amides is 1. The molecule has 1 unspecified atom stereocenters. The Hall–Kier alpha value is -0.590. The van der Waals surface area contributed by atoms with Gasteiger partial charge in [0.2, 0.25) is 6.41 Å². The Bertz CT molecular complexity index is 441. The molecule has 1 saturated carbocycles. The minimum Gasteiger partial charge on any atom is -0.479 e. The first kappa shape index (κ1) is 12.9. The van der Waals surface area contributed by atoms with Gasteiger partial charge in [0.15, 0.2) is 6.04 Å². The number of nitrogens with zero attached hydrogens (tertiary/aromatic N) is 1. The molecule has 0 aromatic carbocycles. The molecule has 7 heteroatoms. The zero-order valence-electron chi connectivity index (χ0n) is 8.60.